The largest absolute Gasteiger partial charge is 0.379 e. The lowest BCUT2D eigenvalue weighted by Crippen LogP contribution is -2.36. The quantitative estimate of drug-likeness (QED) is 0.674. The van der Waals surface area contributed by atoms with Crippen LogP contribution in [0.1, 0.15) is 40.5 Å². The van der Waals surface area contributed by atoms with Gasteiger partial charge in [0.25, 0.3) is 0 Å². The topological polar surface area (TPSA) is 62.1 Å². The molecule has 0 aromatic rings. The number of ether oxygens (including phenoxy) is 1. The zero-order valence-corrected chi connectivity index (χ0v) is 10.7. The monoisotopic (exact) mass is 226 g/mol. The van der Waals surface area contributed by atoms with Gasteiger partial charge < -0.3 is 10.1 Å². The Labute approximate surface area is 98.0 Å². The molecule has 92 valence electrons. The van der Waals surface area contributed by atoms with Crippen LogP contribution < -0.4 is 5.32 Å². The maximum absolute atomic E-state index is 11.5. The number of hydrogen-bond acceptors (Lipinski definition) is 3. The number of unbranched alkanes of at least 4 members (excludes halogenated alkanes) is 1. The molecule has 0 radical (unpaired) electrons. The van der Waals surface area contributed by atoms with Crippen molar-refractivity contribution in [2.75, 3.05) is 13.2 Å². The summed E-state index contributed by atoms with van der Waals surface area (Å²) in [7, 11) is 0. The molecule has 0 saturated heterocycles. The third-order valence-electron chi connectivity index (χ3n) is 2.16. The molecule has 0 atom stereocenters. The van der Waals surface area contributed by atoms with Crippen LogP contribution in [-0.2, 0) is 9.53 Å². The van der Waals surface area contributed by atoms with Crippen LogP contribution in [0.2, 0.25) is 0 Å². The Bertz CT molecular complexity index is 254. The van der Waals surface area contributed by atoms with Crippen molar-refractivity contribution in [2.24, 2.45) is 5.41 Å². The summed E-state index contributed by atoms with van der Waals surface area (Å²) < 4.78 is 5.37. The predicted octanol–water partition coefficient (Wildman–Crippen LogP) is 1.86. The summed E-state index contributed by atoms with van der Waals surface area (Å²) in [6.45, 7) is 8.55. The first-order chi connectivity index (χ1) is 7.40. The predicted molar refractivity (Wildman–Crippen MR) is 62.7 cm³/mol. The van der Waals surface area contributed by atoms with E-state index in [1.165, 1.54) is 0 Å². The lowest BCUT2D eigenvalue weighted by atomic mass is 9.95. The summed E-state index contributed by atoms with van der Waals surface area (Å²) in [6, 6.07) is 1.97. The van der Waals surface area contributed by atoms with Gasteiger partial charge in [0.15, 0.2) is 0 Å². The number of hydrogen-bond donors (Lipinski definition) is 1. The molecule has 0 aliphatic carbocycles. The second-order valence-electron chi connectivity index (χ2n) is 4.62. The maximum Gasteiger partial charge on any atom is 0.239 e. The SMILES string of the molecule is CC(C)OCCCCNC(=O)C(C)(C)C#N. The van der Waals surface area contributed by atoms with Gasteiger partial charge in [-0.25, -0.2) is 0 Å². The third-order valence-corrected chi connectivity index (χ3v) is 2.16. The van der Waals surface area contributed by atoms with E-state index in [-0.39, 0.29) is 12.0 Å². The summed E-state index contributed by atoms with van der Waals surface area (Å²) in [5.74, 6) is -0.209. The van der Waals surface area contributed by atoms with Gasteiger partial charge in [-0.1, -0.05) is 0 Å². The summed E-state index contributed by atoms with van der Waals surface area (Å²) >= 11 is 0. The maximum atomic E-state index is 11.5. The van der Waals surface area contributed by atoms with E-state index in [1.807, 2.05) is 19.9 Å². The van der Waals surface area contributed by atoms with Crippen molar-refractivity contribution in [3.8, 4) is 6.07 Å². The molecule has 1 amide bonds. The Morgan fingerprint density at radius 1 is 1.44 bits per heavy atom. The Morgan fingerprint density at radius 3 is 2.56 bits per heavy atom. The summed E-state index contributed by atoms with van der Waals surface area (Å²) in [5.41, 5.74) is -0.936. The van der Waals surface area contributed by atoms with Gasteiger partial charge in [-0.05, 0) is 40.5 Å². The molecule has 0 aliphatic heterocycles. The summed E-state index contributed by atoms with van der Waals surface area (Å²) in [4.78, 5) is 11.5. The van der Waals surface area contributed by atoms with E-state index in [2.05, 4.69) is 5.32 Å². The molecular weight excluding hydrogens is 204 g/mol. The van der Waals surface area contributed by atoms with Crippen LogP contribution in [0.4, 0.5) is 0 Å². The highest BCUT2D eigenvalue weighted by molar-refractivity contribution is 5.84. The van der Waals surface area contributed by atoms with Crippen molar-refractivity contribution in [1.29, 1.82) is 5.26 Å². The van der Waals surface area contributed by atoms with Gasteiger partial charge in [0.1, 0.15) is 5.41 Å². The van der Waals surface area contributed by atoms with E-state index >= 15 is 0 Å². The van der Waals surface area contributed by atoms with Crippen LogP contribution >= 0.6 is 0 Å². The molecule has 0 bridgehead atoms. The molecule has 0 saturated carbocycles. The first kappa shape index (κ1) is 14.9. The molecule has 4 heteroatoms. The highest BCUT2D eigenvalue weighted by atomic mass is 16.5. The van der Waals surface area contributed by atoms with E-state index in [9.17, 15) is 4.79 Å². The van der Waals surface area contributed by atoms with E-state index < -0.39 is 5.41 Å². The number of nitrogens with zero attached hydrogens (tertiary/aromatic N) is 1. The lowest BCUT2D eigenvalue weighted by Gasteiger charge is -2.14. The number of amides is 1. The Morgan fingerprint density at radius 2 is 2.06 bits per heavy atom. The van der Waals surface area contributed by atoms with Crippen LogP contribution in [0.25, 0.3) is 0 Å². The van der Waals surface area contributed by atoms with E-state index in [0.717, 1.165) is 19.4 Å². The highest BCUT2D eigenvalue weighted by Crippen LogP contribution is 2.12. The minimum absolute atomic E-state index is 0.209. The van der Waals surface area contributed by atoms with Gasteiger partial charge in [-0.15, -0.1) is 0 Å². The fraction of sp³-hybridized carbons (Fsp3) is 0.833. The van der Waals surface area contributed by atoms with Crippen molar-refractivity contribution in [3.05, 3.63) is 0 Å². The van der Waals surface area contributed by atoms with Crippen molar-refractivity contribution in [1.82, 2.24) is 5.32 Å². The molecule has 1 N–H and O–H groups in total. The molecule has 0 unspecified atom stereocenters. The van der Waals surface area contributed by atoms with Crippen LogP contribution in [-0.4, -0.2) is 25.2 Å². The average molecular weight is 226 g/mol. The minimum atomic E-state index is -0.936. The smallest absolute Gasteiger partial charge is 0.239 e. The third kappa shape index (κ3) is 6.41. The fourth-order valence-corrected chi connectivity index (χ4v) is 1.02. The van der Waals surface area contributed by atoms with Gasteiger partial charge >= 0.3 is 0 Å². The zero-order chi connectivity index (χ0) is 12.6. The van der Waals surface area contributed by atoms with Crippen LogP contribution in [0, 0.1) is 16.7 Å². The molecule has 0 heterocycles. The number of nitriles is 1. The van der Waals surface area contributed by atoms with Crippen LogP contribution in [0.5, 0.6) is 0 Å². The second-order valence-corrected chi connectivity index (χ2v) is 4.62. The second kappa shape index (κ2) is 7.24. The number of carbonyl (C=O) groups is 1. The molecule has 16 heavy (non-hydrogen) atoms. The zero-order valence-electron chi connectivity index (χ0n) is 10.7. The van der Waals surface area contributed by atoms with Crippen molar-refractivity contribution in [3.63, 3.8) is 0 Å². The Balaban J connectivity index is 3.54. The normalized spacial score (nSPS) is 11.2. The van der Waals surface area contributed by atoms with Crippen LogP contribution in [0.15, 0.2) is 0 Å². The number of rotatable bonds is 7. The molecule has 0 aromatic heterocycles. The standard InChI is InChI=1S/C12H22N2O2/c1-10(2)16-8-6-5-7-14-11(15)12(3,4)9-13/h10H,5-8H2,1-4H3,(H,14,15). The van der Waals surface area contributed by atoms with Gasteiger partial charge in [0.05, 0.1) is 12.2 Å². The molecule has 0 fully saturated rings. The first-order valence-corrected chi connectivity index (χ1v) is 5.71. The average Bonchev–Trinajstić information content (AvgIpc) is 2.22. The van der Waals surface area contributed by atoms with Gasteiger partial charge in [-0.2, -0.15) is 5.26 Å². The molecule has 0 spiro atoms. The van der Waals surface area contributed by atoms with E-state index in [1.54, 1.807) is 13.8 Å². The van der Waals surface area contributed by atoms with Crippen molar-refractivity contribution in [2.45, 2.75) is 46.6 Å². The van der Waals surface area contributed by atoms with Gasteiger partial charge in [0.2, 0.25) is 5.91 Å². The number of carbonyl (C=O) groups excluding carboxylic acids is 1. The summed E-state index contributed by atoms with van der Waals surface area (Å²) in [6.07, 6.45) is 2.05. The minimum Gasteiger partial charge on any atom is -0.379 e. The molecular formula is C12H22N2O2. The molecule has 0 aliphatic rings. The van der Waals surface area contributed by atoms with Crippen LogP contribution in [0.3, 0.4) is 0 Å². The van der Waals surface area contributed by atoms with E-state index in [4.69, 9.17) is 10.00 Å². The summed E-state index contributed by atoms with van der Waals surface area (Å²) in [5, 5.41) is 11.5. The molecule has 0 aromatic carbocycles. The molecule has 4 nitrogen and oxygen atoms in total. The van der Waals surface area contributed by atoms with E-state index in [0.29, 0.717) is 6.54 Å². The fourth-order valence-electron chi connectivity index (χ4n) is 1.02. The van der Waals surface area contributed by atoms with Gasteiger partial charge in [-0.3, -0.25) is 4.79 Å². The highest BCUT2D eigenvalue weighted by Gasteiger charge is 2.26. The van der Waals surface area contributed by atoms with Crippen molar-refractivity contribution >= 4 is 5.91 Å². The van der Waals surface area contributed by atoms with Crippen molar-refractivity contribution < 1.29 is 9.53 Å². The number of nitrogens with one attached hydrogen (secondary N) is 1. The lowest BCUT2D eigenvalue weighted by molar-refractivity contribution is -0.126. The van der Waals surface area contributed by atoms with Gasteiger partial charge in [0, 0.05) is 13.2 Å². The Hall–Kier alpha value is -1.08. The molecule has 0 rings (SSSR count). The Kier molecular flexibility index (Phi) is 6.75. The first-order valence-electron chi connectivity index (χ1n) is 5.71.